The lowest BCUT2D eigenvalue weighted by molar-refractivity contribution is 0.112. The Labute approximate surface area is 190 Å². The lowest BCUT2D eigenvalue weighted by Gasteiger charge is -2.32. The Hall–Kier alpha value is -2.37. The molecule has 0 aliphatic carbocycles. The van der Waals surface area contributed by atoms with Crippen molar-refractivity contribution in [2.24, 2.45) is 0 Å². The van der Waals surface area contributed by atoms with E-state index in [2.05, 4.69) is 41.1 Å². The summed E-state index contributed by atoms with van der Waals surface area (Å²) < 4.78 is 11.2. The minimum absolute atomic E-state index is 0. The van der Waals surface area contributed by atoms with Crippen LogP contribution in [-0.2, 0) is 13.2 Å². The van der Waals surface area contributed by atoms with E-state index in [0.29, 0.717) is 23.7 Å². The smallest absolute Gasteiger partial charge is 0.161 e. The third kappa shape index (κ3) is 9.53. The first kappa shape index (κ1) is 28.6. The number of carbonyl (C=O) groups excluding carboxylic acids is 1. The zero-order valence-electron chi connectivity index (χ0n) is 19.5. The van der Waals surface area contributed by atoms with Gasteiger partial charge in [0.1, 0.15) is 12.9 Å². The summed E-state index contributed by atoms with van der Waals surface area (Å²) in [5.41, 5.74) is 3.00. The van der Waals surface area contributed by atoms with Gasteiger partial charge in [-0.2, -0.15) is 0 Å². The molecule has 0 bridgehead atoms. The highest BCUT2D eigenvalue weighted by Crippen LogP contribution is 2.28. The van der Waals surface area contributed by atoms with Crippen molar-refractivity contribution < 1.29 is 14.3 Å². The van der Waals surface area contributed by atoms with E-state index in [9.17, 15) is 4.79 Å². The Morgan fingerprint density at radius 1 is 0.871 bits per heavy atom. The largest absolute Gasteiger partial charge is 0.493 e. The predicted molar refractivity (Wildman–Crippen MR) is 131 cm³/mol. The fraction of sp³-hybridized carbons (Fsp3) is 0.500. The fourth-order valence-electron chi connectivity index (χ4n) is 3.04. The van der Waals surface area contributed by atoms with Gasteiger partial charge in [0.25, 0.3) is 0 Å². The summed E-state index contributed by atoms with van der Waals surface area (Å²) in [4.78, 5) is 15.7. The summed E-state index contributed by atoms with van der Waals surface area (Å²) in [6.45, 7) is 14.0. The number of hydrogen-bond acceptors (Lipinski definition) is 5. The minimum atomic E-state index is 0. The number of aldehydes is 1. The molecule has 1 saturated heterocycles. The van der Waals surface area contributed by atoms with Crippen LogP contribution in [0.4, 0.5) is 0 Å². The van der Waals surface area contributed by atoms with E-state index in [0.717, 1.165) is 44.6 Å². The molecule has 2 aromatic carbocycles. The molecule has 174 valence electrons. The minimum Gasteiger partial charge on any atom is -0.493 e. The van der Waals surface area contributed by atoms with Gasteiger partial charge in [0.15, 0.2) is 11.5 Å². The molecule has 1 heterocycles. The van der Waals surface area contributed by atoms with Crippen LogP contribution in [0.5, 0.6) is 11.5 Å². The number of carbonyl (C=O) groups is 1. The highest BCUT2D eigenvalue weighted by molar-refractivity contribution is 5.76. The van der Waals surface area contributed by atoms with Crippen molar-refractivity contribution in [3.8, 4) is 11.5 Å². The summed E-state index contributed by atoms with van der Waals surface area (Å²) in [6, 6.07) is 13.7. The topological polar surface area (TPSA) is 42.0 Å². The molecular formula is C26H42N2O3. The first-order valence-corrected chi connectivity index (χ1v) is 10.9. The Kier molecular flexibility index (Phi) is 15.1. The van der Waals surface area contributed by atoms with Crippen molar-refractivity contribution in [2.45, 2.75) is 48.3 Å². The molecule has 0 saturated carbocycles. The van der Waals surface area contributed by atoms with Gasteiger partial charge in [-0.3, -0.25) is 9.69 Å². The zero-order chi connectivity index (χ0) is 22.4. The van der Waals surface area contributed by atoms with Gasteiger partial charge in [0.05, 0.1) is 7.11 Å². The van der Waals surface area contributed by atoms with E-state index in [1.807, 2.05) is 27.7 Å². The van der Waals surface area contributed by atoms with E-state index in [4.69, 9.17) is 9.47 Å². The molecule has 0 aromatic heterocycles. The van der Waals surface area contributed by atoms with Crippen molar-refractivity contribution in [1.29, 1.82) is 0 Å². The van der Waals surface area contributed by atoms with Gasteiger partial charge in [0, 0.05) is 38.3 Å². The van der Waals surface area contributed by atoms with Gasteiger partial charge in [-0.1, -0.05) is 59.4 Å². The Morgan fingerprint density at radius 3 is 2.00 bits per heavy atom. The first-order chi connectivity index (χ1) is 14.7. The van der Waals surface area contributed by atoms with E-state index in [-0.39, 0.29) is 7.43 Å². The number of ether oxygens (including phenoxy) is 2. The van der Waals surface area contributed by atoms with Crippen LogP contribution in [0.25, 0.3) is 0 Å². The van der Waals surface area contributed by atoms with Crippen LogP contribution in [0.1, 0.15) is 56.6 Å². The molecule has 0 N–H and O–H groups in total. The van der Waals surface area contributed by atoms with Crippen molar-refractivity contribution >= 4 is 6.29 Å². The maximum Gasteiger partial charge on any atom is 0.161 e. The first-order valence-electron chi connectivity index (χ1n) is 10.9. The van der Waals surface area contributed by atoms with Crippen LogP contribution >= 0.6 is 0 Å². The molecule has 2 aromatic rings. The van der Waals surface area contributed by atoms with E-state index >= 15 is 0 Å². The van der Waals surface area contributed by atoms with Crippen molar-refractivity contribution in [3.05, 3.63) is 59.2 Å². The lowest BCUT2D eigenvalue weighted by atomic mass is 10.1. The van der Waals surface area contributed by atoms with Gasteiger partial charge in [-0.05, 0) is 36.4 Å². The van der Waals surface area contributed by atoms with Crippen LogP contribution in [0, 0.1) is 0 Å². The second kappa shape index (κ2) is 16.3. The van der Waals surface area contributed by atoms with Gasteiger partial charge in [-0.15, -0.1) is 0 Å². The number of benzene rings is 2. The Bertz CT molecular complexity index is 724. The maximum absolute atomic E-state index is 10.9. The van der Waals surface area contributed by atoms with Gasteiger partial charge >= 0.3 is 0 Å². The molecule has 3 rings (SSSR count). The molecule has 1 aliphatic heterocycles. The second-order valence-electron chi connectivity index (χ2n) is 6.71. The van der Waals surface area contributed by atoms with Crippen LogP contribution in [-0.4, -0.2) is 56.4 Å². The van der Waals surface area contributed by atoms with Crippen molar-refractivity contribution in [1.82, 2.24) is 9.80 Å². The molecule has 1 aliphatic rings. The fourth-order valence-corrected chi connectivity index (χ4v) is 3.04. The summed E-state index contributed by atoms with van der Waals surface area (Å²) in [7, 11) is 3.75. The van der Waals surface area contributed by atoms with E-state index < -0.39 is 0 Å². The summed E-state index contributed by atoms with van der Waals surface area (Å²) in [5, 5.41) is 0. The van der Waals surface area contributed by atoms with E-state index in [1.54, 1.807) is 25.3 Å². The number of likely N-dealkylation sites (N-methyl/N-ethyl adjacent to an activating group) is 1. The third-order valence-corrected chi connectivity index (χ3v) is 4.74. The van der Waals surface area contributed by atoms with Gasteiger partial charge in [0.2, 0.25) is 0 Å². The molecule has 5 nitrogen and oxygen atoms in total. The molecule has 0 amide bonds. The SMILES string of the molecule is C.CC.CC.COc1cc(C=O)ccc1OCc1ccc(CN2CCN(C)CC2)cc1. The van der Waals surface area contributed by atoms with Gasteiger partial charge in [-0.25, -0.2) is 0 Å². The normalized spacial score (nSPS) is 13.5. The van der Waals surface area contributed by atoms with Crippen LogP contribution in [0.15, 0.2) is 42.5 Å². The van der Waals surface area contributed by atoms with Crippen LogP contribution in [0.3, 0.4) is 0 Å². The van der Waals surface area contributed by atoms with Crippen molar-refractivity contribution in [2.75, 3.05) is 40.3 Å². The third-order valence-electron chi connectivity index (χ3n) is 4.74. The molecule has 5 heteroatoms. The average Bonchev–Trinajstić information content (AvgIpc) is 2.82. The average molecular weight is 431 g/mol. The standard InChI is InChI=1S/C21H26N2O3.2C2H6.CH4/c1-22-9-11-23(12-10-22)14-17-3-5-18(6-4-17)16-26-20-8-7-19(15-24)13-21(20)25-2;2*1-2;/h3-8,13,15H,9-12,14,16H2,1-2H3;2*1-2H3;1H4. The number of methoxy groups -OCH3 is 1. The van der Waals surface area contributed by atoms with Crippen LogP contribution in [0.2, 0.25) is 0 Å². The highest BCUT2D eigenvalue weighted by atomic mass is 16.5. The molecule has 1 fully saturated rings. The summed E-state index contributed by atoms with van der Waals surface area (Å²) in [5.74, 6) is 1.21. The highest BCUT2D eigenvalue weighted by Gasteiger charge is 2.13. The van der Waals surface area contributed by atoms with E-state index in [1.165, 1.54) is 5.56 Å². The zero-order valence-corrected chi connectivity index (χ0v) is 19.5. The molecule has 0 spiro atoms. The molecule has 0 unspecified atom stereocenters. The second-order valence-corrected chi connectivity index (χ2v) is 6.71. The summed E-state index contributed by atoms with van der Waals surface area (Å²) in [6.07, 6.45) is 0.797. The Balaban J connectivity index is 0.00000170. The molecule has 0 radical (unpaired) electrons. The lowest BCUT2D eigenvalue weighted by Crippen LogP contribution is -2.43. The van der Waals surface area contributed by atoms with Crippen molar-refractivity contribution in [3.63, 3.8) is 0 Å². The van der Waals surface area contributed by atoms with Crippen LogP contribution < -0.4 is 9.47 Å². The monoisotopic (exact) mass is 430 g/mol. The Morgan fingerprint density at radius 2 is 1.45 bits per heavy atom. The quantitative estimate of drug-likeness (QED) is 0.541. The number of rotatable bonds is 7. The van der Waals surface area contributed by atoms with Gasteiger partial charge < -0.3 is 14.4 Å². The number of hydrogen-bond donors (Lipinski definition) is 0. The molecule has 0 atom stereocenters. The maximum atomic E-state index is 10.9. The number of nitrogens with zero attached hydrogens (tertiary/aromatic N) is 2. The molecular weight excluding hydrogens is 388 g/mol. The summed E-state index contributed by atoms with van der Waals surface area (Å²) >= 11 is 0. The number of piperazine rings is 1. The predicted octanol–water partition coefficient (Wildman–Crippen LogP) is 5.52. The molecule has 31 heavy (non-hydrogen) atoms.